The summed E-state index contributed by atoms with van der Waals surface area (Å²) >= 11 is 1.66. The number of hydrogen-bond donors (Lipinski definition) is 0. The highest BCUT2D eigenvalue weighted by Crippen LogP contribution is 2.15. The van der Waals surface area contributed by atoms with E-state index in [0.717, 1.165) is 5.75 Å². The van der Waals surface area contributed by atoms with Gasteiger partial charge in [-0.2, -0.15) is 0 Å². The van der Waals surface area contributed by atoms with E-state index in [1.807, 2.05) is 24.6 Å². The lowest BCUT2D eigenvalue weighted by molar-refractivity contribution is 0.0786. The summed E-state index contributed by atoms with van der Waals surface area (Å²) in [6, 6.07) is 11.2. The number of benzene rings is 1. The molecule has 18 heavy (non-hydrogen) atoms. The summed E-state index contributed by atoms with van der Waals surface area (Å²) in [5, 5.41) is 2.01. The second kappa shape index (κ2) is 5.69. The summed E-state index contributed by atoms with van der Waals surface area (Å²) in [5.74, 6) is 0.776. The predicted octanol–water partition coefficient (Wildman–Crippen LogP) is 3.03. The molecule has 2 rings (SSSR count). The standard InChI is InChI=1S/C14H15NO2S/c1-15(10-13-4-3-9-18-13)14(16)11-5-7-12(17-2)8-6-11/h3-9H,10H2,1-2H3. The number of nitrogens with zero attached hydrogens (tertiary/aromatic N) is 1. The molecule has 0 radical (unpaired) electrons. The molecule has 1 amide bonds. The highest BCUT2D eigenvalue weighted by molar-refractivity contribution is 7.09. The molecule has 0 unspecified atom stereocenters. The number of rotatable bonds is 4. The molecular weight excluding hydrogens is 246 g/mol. The highest BCUT2D eigenvalue weighted by atomic mass is 32.1. The van der Waals surface area contributed by atoms with E-state index in [0.29, 0.717) is 12.1 Å². The van der Waals surface area contributed by atoms with Gasteiger partial charge in [0, 0.05) is 17.5 Å². The summed E-state index contributed by atoms with van der Waals surface area (Å²) in [6.07, 6.45) is 0. The van der Waals surface area contributed by atoms with Gasteiger partial charge in [0.25, 0.3) is 5.91 Å². The van der Waals surface area contributed by atoms with Gasteiger partial charge in [-0.3, -0.25) is 4.79 Å². The second-order valence-corrected chi connectivity index (χ2v) is 5.00. The molecule has 94 valence electrons. The summed E-state index contributed by atoms with van der Waals surface area (Å²) in [4.78, 5) is 15.1. The lowest BCUT2D eigenvalue weighted by Crippen LogP contribution is -2.25. The molecule has 0 atom stereocenters. The average molecular weight is 261 g/mol. The van der Waals surface area contributed by atoms with Crippen molar-refractivity contribution in [3.8, 4) is 5.75 Å². The Bertz CT molecular complexity index is 505. The first-order valence-electron chi connectivity index (χ1n) is 5.62. The summed E-state index contributed by atoms with van der Waals surface area (Å²) in [7, 11) is 3.42. The van der Waals surface area contributed by atoms with Crippen LogP contribution in [0.25, 0.3) is 0 Å². The Hall–Kier alpha value is -1.81. The molecule has 0 aliphatic carbocycles. The average Bonchev–Trinajstić information content (AvgIpc) is 2.91. The third-order valence-electron chi connectivity index (χ3n) is 2.66. The summed E-state index contributed by atoms with van der Waals surface area (Å²) < 4.78 is 5.07. The Kier molecular flexibility index (Phi) is 3.99. The van der Waals surface area contributed by atoms with E-state index in [-0.39, 0.29) is 5.91 Å². The maximum absolute atomic E-state index is 12.2. The van der Waals surface area contributed by atoms with E-state index >= 15 is 0 Å². The molecule has 3 nitrogen and oxygen atoms in total. The normalized spacial score (nSPS) is 10.1. The molecule has 0 saturated heterocycles. The van der Waals surface area contributed by atoms with Gasteiger partial charge >= 0.3 is 0 Å². The summed E-state index contributed by atoms with van der Waals surface area (Å²) in [6.45, 7) is 0.641. The zero-order chi connectivity index (χ0) is 13.0. The van der Waals surface area contributed by atoms with Gasteiger partial charge < -0.3 is 9.64 Å². The number of amides is 1. The fourth-order valence-corrected chi connectivity index (χ4v) is 2.42. The number of thiophene rings is 1. The van der Waals surface area contributed by atoms with Gasteiger partial charge in [-0.15, -0.1) is 11.3 Å². The molecule has 0 N–H and O–H groups in total. The Balaban J connectivity index is 2.05. The molecule has 0 spiro atoms. The number of hydrogen-bond acceptors (Lipinski definition) is 3. The van der Waals surface area contributed by atoms with Crippen LogP contribution in [-0.4, -0.2) is 25.0 Å². The van der Waals surface area contributed by atoms with Crippen molar-refractivity contribution in [3.05, 3.63) is 52.2 Å². The lowest BCUT2D eigenvalue weighted by atomic mass is 10.2. The molecule has 1 heterocycles. The fraction of sp³-hybridized carbons (Fsp3) is 0.214. The molecule has 0 aliphatic heterocycles. The Morgan fingerprint density at radius 2 is 2.00 bits per heavy atom. The third-order valence-corrected chi connectivity index (χ3v) is 3.52. The van der Waals surface area contributed by atoms with E-state index in [4.69, 9.17) is 4.74 Å². The van der Waals surface area contributed by atoms with Crippen molar-refractivity contribution < 1.29 is 9.53 Å². The zero-order valence-corrected chi connectivity index (χ0v) is 11.2. The van der Waals surface area contributed by atoms with E-state index < -0.39 is 0 Å². The largest absolute Gasteiger partial charge is 0.497 e. The zero-order valence-electron chi connectivity index (χ0n) is 10.4. The Morgan fingerprint density at radius 1 is 1.28 bits per heavy atom. The van der Waals surface area contributed by atoms with E-state index in [1.54, 1.807) is 47.6 Å². The van der Waals surface area contributed by atoms with Crippen molar-refractivity contribution in [2.45, 2.75) is 6.54 Å². The smallest absolute Gasteiger partial charge is 0.253 e. The lowest BCUT2D eigenvalue weighted by Gasteiger charge is -2.16. The van der Waals surface area contributed by atoms with E-state index in [9.17, 15) is 4.79 Å². The molecule has 2 aromatic rings. The summed E-state index contributed by atoms with van der Waals surface area (Å²) in [5.41, 5.74) is 0.676. The van der Waals surface area contributed by atoms with Gasteiger partial charge in [0.15, 0.2) is 0 Å². The maximum Gasteiger partial charge on any atom is 0.253 e. The van der Waals surface area contributed by atoms with Crippen molar-refractivity contribution in [3.63, 3.8) is 0 Å². The van der Waals surface area contributed by atoms with Gasteiger partial charge in [0.05, 0.1) is 13.7 Å². The number of carbonyl (C=O) groups is 1. The van der Waals surface area contributed by atoms with Crippen LogP contribution in [0.3, 0.4) is 0 Å². The van der Waals surface area contributed by atoms with Crippen LogP contribution in [0.4, 0.5) is 0 Å². The molecule has 1 aromatic carbocycles. The van der Waals surface area contributed by atoms with Gasteiger partial charge in [-0.1, -0.05) is 6.07 Å². The molecular formula is C14H15NO2S. The van der Waals surface area contributed by atoms with E-state index in [1.165, 1.54) is 4.88 Å². The van der Waals surface area contributed by atoms with Crippen molar-refractivity contribution >= 4 is 17.2 Å². The molecule has 0 aliphatic rings. The minimum atomic E-state index is 0.0195. The van der Waals surface area contributed by atoms with Crippen LogP contribution < -0.4 is 4.74 Å². The fourth-order valence-electron chi connectivity index (χ4n) is 1.66. The van der Waals surface area contributed by atoms with Gasteiger partial charge in [-0.05, 0) is 35.7 Å². The van der Waals surface area contributed by atoms with Crippen LogP contribution >= 0.6 is 11.3 Å². The van der Waals surface area contributed by atoms with Crippen LogP contribution in [-0.2, 0) is 6.54 Å². The second-order valence-electron chi connectivity index (χ2n) is 3.97. The van der Waals surface area contributed by atoms with Gasteiger partial charge in [0.1, 0.15) is 5.75 Å². The number of methoxy groups -OCH3 is 1. The Labute approximate surface area is 111 Å². The van der Waals surface area contributed by atoms with Crippen molar-refractivity contribution in [1.82, 2.24) is 4.90 Å². The van der Waals surface area contributed by atoms with Crippen LogP contribution in [0, 0.1) is 0 Å². The maximum atomic E-state index is 12.2. The molecule has 0 bridgehead atoms. The van der Waals surface area contributed by atoms with Crippen LogP contribution in [0.15, 0.2) is 41.8 Å². The van der Waals surface area contributed by atoms with E-state index in [2.05, 4.69) is 0 Å². The van der Waals surface area contributed by atoms with Crippen molar-refractivity contribution in [1.29, 1.82) is 0 Å². The predicted molar refractivity (Wildman–Crippen MR) is 73.1 cm³/mol. The highest BCUT2D eigenvalue weighted by Gasteiger charge is 2.12. The SMILES string of the molecule is COc1ccc(C(=O)N(C)Cc2cccs2)cc1. The number of carbonyl (C=O) groups excluding carboxylic acids is 1. The topological polar surface area (TPSA) is 29.5 Å². The van der Waals surface area contributed by atoms with Crippen LogP contribution in [0.2, 0.25) is 0 Å². The first-order chi connectivity index (χ1) is 8.70. The molecule has 0 saturated carbocycles. The van der Waals surface area contributed by atoms with Crippen molar-refractivity contribution in [2.75, 3.05) is 14.2 Å². The van der Waals surface area contributed by atoms with Crippen molar-refractivity contribution in [2.24, 2.45) is 0 Å². The molecule has 0 fully saturated rings. The van der Waals surface area contributed by atoms with Crippen LogP contribution in [0.5, 0.6) is 5.75 Å². The first-order valence-corrected chi connectivity index (χ1v) is 6.50. The first kappa shape index (κ1) is 12.6. The minimum absolute atomic E-state index is 0.0195. The monoisotopic (exact) mass is 261 g/mol. The quantitative estimate of drug-likeness (QED) is 0.846. The van der Waals surface area contributed by atoms with Crippen LogP contribution in [0.1, 0.15) is 15.2 Å². The van der Waals surface area contributed by atoms with Gasteiger partial charge in [-0.25, -0.2) is 0 Å². The third kappa shape index (κ3) is 2.90. The minimum Gasteiger partial charge on any atom is -0.497 e. The Morgan fingerprint density at radius 3 is 2.56 bits per heavy atom. The molecule has 4 heteroatoms. The number of ether oxygens (including phenoxy) is 1. The molecule has 1 aromatic heterocycles. The van der Waals surface area contributed by atoms with Gasteiger partial charge in [0.2, 0.25) is 0 Å².